The van der Waals surface area contributed by atoms with Crippen molar-refractivity contribution in [3.05, 3.63) is 59.8 Å². The third kappa shape index (κ3) is 3.78. The van der Waals surface area contributed by atoms with Gasteiger partial charge in [0, 0.05) is 30.5 Å². The topological polar surface area (TPSA) is 87.5 Å². The van der Waals surface area contributed by atoms with Crippen LogP contribution in [0.4, 0.5) is 25.8 Å². The van der Waals surface area contributed by atoms with Crippen molar-refractivity contribution in [2.45, 2.75) is 12.8 Å². The predicted octanol–water partition coefficient (Wildman–Crippen LogP) is 3.07. The maximum Gasteiger partial charge on any atom is 0.257 e. The number of rotatable bonds is 4. The molecule has 2 aromatic rings. The molecule has 4 N–H and O–H groups in total. The molecular formula is C21H20F2N4O2. The molecule has 0 radical (unpaired) electrons. The maximum atomic E-state index is 14.7. The van der Waals surface area contributed by atoms with Crippen LogP contribution in [0.25, 0.3) is 5.57 Å². The minimum Gasteiger partial charge on any atom is -0.369 e. The zero-order valence-corrected chi connectivity index (χ0v) is 15.5. The number of primary amides is 1. The van der Waals surface area contributed by atoms with Crippen LogP contribution >= 0.6 is 0 Å². The molecule has 8 heteroatoms. The molecule has 0 spiro atoms. The van der Waals surface area contributed by atoms with Gasteiger partial charge in [0.25, 0.3) is 5.91 Å². The minimum absolute atomic E-state index is 0.281. The highest BCUT2D eigenvalue weighted by atomic mass is 19.1. The summed E-state index contributed by atoms with van der Waals surface area (Å²) < 4.78 is 28.0. The molecule has 0 bridgehead atoms. The molecule has 1 unspecified atom stereocenters. The third-order valence-electron chi connectivity index (χ3n) is 5.26. The number of piperidine rings is 1. The van der Waals surface area contributed by atoms with Gasteiger partial charge in [0.2, 0.25) is 5.91 Å². The largest absolute Gasteiger partial charge is 0.369 e. The molecule has 6 nitrogen and oxygen atoms in total. The van der Waals surface area contributed by atoms with E-state index in [-0.39, 0.29) is 17.7 Å². The number of carbonyl (C=O) groups is 2. The number of hydrogen-bond donors (Lipinski definition) is 3. The molecule has 2 aromatic carbocycles. The Labute approximate surface area is 166 Å². The number of halogens is 2. The fraction of sp³-hybridized carbons (Fsp3) is 0.238. The fourth-order valence-electron chi connectivity index (χ4n) is 3.75. The summed E-state index contributed by atoms with van der Waals surface area (Å²) in [6.07, 6.45) is 2.96. The maximum absolute atomic E-state index is 14.7. The Morgan fingerprint density at radius 1 is 1.24 bits per heavy atom. The second-order valence-corrected chi connectivity index (χ2v) is 7.20. The number of benzene rings is 2. The van der Waals surface area contributed by atoms with E-state index in [2.05, 4.69) is 10.6 Å². The number of amides is 2. The van der Waals surface area contributed by atoms with E-state index in [9.17, 15) is 18.4 Å². The minimum atomic E-state index is -0.438. The van der Waals surface area contributed by atoms with Crippen LogP contribution < -0.4 is 21.3 Å². The van der Waals surface area contributed by atoms with E-state index >= 15 is 0 Å². The number of nitrogens with zero attached hydrogens (tertiary/aromatic N) is 1. The number of fused-ring (bicyclic) bond motifs is 1. The molecule has 150 valence electrons. The molecular weight excluding hydrogens is 378 g/mol. The molecule has 1 atom stereocenters. The van der Waals surface area contributed by atoms with Gasteiger partial charge in [-0.05, 0) is 49.2 Å². The molecule has 0 aliphatic carbocycles. The number of nitrogens with one attached hydrogen (secondary N) is 2. The van der Waals surface area contributed by atoms with E-state index in [0.717, 1.165) is 6.42 Å². The molecule has 29 heavy (non-hydrogen) atoms. The summed E-state index contributed by atoms with van der Waals surface area (Å²) in [6.45, 7) is 1.06. The molecule has 0 aromatic heterocycles. The van der Waals surface area contributed by atoms with Crippen molar-refractivity contribution in [1.29, 1.82) is 0 Å². The monoisotopic (exact) mass is 398 g/mol. The van der Waals surface area contributed by atoms with Crippen molar-refractivity contribution in [2.24, 2.45) is 11.7 Å². The normalized spacial score (nSPS) is 19.8. The lowest BCUT2D eigenvalue weighted by Gasteiger charge is -2.33. The van der Waals surface area contributed by atoms with E-state index in [4.69, 9.17) is 5.73 Å². The summed E-state index contributed by atoms with van der Waals surface area (Å²) in [7, 11) is 0. The van der Waals surface area contributed by atoms with E-state index in [1.807, 2.05) is 4.90 Å². The van der Waals surface area contributed by atoms with Gasteiger partial charge >= 0.3 is 0 Å². The van der Waals surface area contributed by atoms with Gasteiger partial charge < -0.3 is 21.3 Å². The molecule has 1 saturated heterocycles. The highest BCUT2D eigenvalue weighted by Crippen LogP contribution is 2.32. The van der Waals surface area contributed by atoms with E-state index in [0.29, 0.717) is 47.7 Å². The summed E-state index contributed by atoms with van der Waals surface area (Å²) >= 11 is 0. The van der Waals surface area contributed by atoms with Gasteiger partial charge in [-0.25, -0.2) is 8.78 Å². The van der Waals surface area contributed by atoms with E-state index in [1.165, 1.54) is 30.5 Å². The Kier molecular flexibility index (Phi) is 4.92. The van der Waals surface area contributed by atoms with Crippen LogP contribution in [0.5, 0.6) is 0 Å². The molecule has 0 saturated carbocycles. The summed E-state index contributed by atoms with van der Waals surface area (Å²) in [4.78, 5) is 25.4. The molecule has 2 heterocycles. The van der Waals surface area contributed by atoms with Crippen LogP contribution in [0.15, 0.2) is 42.6 Å². The molecule has 1 fully saturated rings. The average molecular weight is 398 g/mol. The van der Waals surface area contributed by atoms with Crippen LogP contribution in [0.2, 0.25) is 0 Å². The Hall–Kier alpha value is -3.42. The van der Waals surface area contributed by atoms with Crippen molar-refractivity contribution in [3.8, 4) is 0 Å². The fourth-order valence-corrected chi connectivity index (χ4v) is 3.75. The van der Waals surface area contributed by atoms with Crippen LogP contribution in [-0.2, 0) is 9.59 Å². The summed E-state index contributed by atoms with van der Waals surface area (Å²) in [5.41, 5.74) is 7.58. The third-order valence-corrected chi connectivity index (χ3v) is 5.26. The first-order valence-electron chi connectivity index (χ1n) is 9.34. The second kappa shape index (κ2) is 7.54. The standard InChI is InChI=1S/C21H20F2N4O2/c22-13-3-5-15-16(21(29)26-18(15)8-13)10-25-14-4-6-19(17(23)9-14)27-7-1-2-12(11-27)20(24)28/h3-6,8-10,12,25H,1-2,7,11H2,(H2,24,28)(H,26,29). The van der Waals surface area contributed by atoms with Crippen LogP contribution in [-0.4, -0.2) is 24.9 Å². The Balaban J connectivity index is 1.51. The predicted molar refractivity (Wildman–Crippen MR) is 107 cm³/mol. The van der Waals surface area contributed by atoms with Gasteiger partial charge in [-0.1, -0.05) is 0 Å². The van der Waals surface area contributed by atoms with E-state index < -0.39 is 11.6 Å². The van der Waals surface area contributed by atoms with Gasteiger partial charge in [0.05, 0.1) is 22.9 Å². The van der Waals surface area contributed by atoms with E-state index in [1.54, 1.807) is 12.1 Å². The Morgan fingerprint density at radius 2 is 2.07 bits per heavy atom. The van der Waals surface area contributed by atoms with Crippen molar-refractivity contribution < 1.29 is 18.4 Å². The number of nitrogens with two attached hydrogens (primary N) is 1. The van der Waals surface area contributed by atoms with Gasteiger partial charge in [-0.2, -0.15) is 0 Å². The van der Waals surface area contributed by atoms with Gasteiger partial charge in [0.1, 0.15) is 11.6 Å². The van der Waals surface area contributed by atoms with Crippen molar-refractivity contribution in [1.82, 2.24) is 0 Å². The first kappa shape index (κ1) is 18.9. The zero-order chi connectivity index (χ0) is 20.5. The molecule has 4 rings (SSSR count). The van der Waals surface area contributed by atoms with Crippen LogP contribution in [0, 0.1) is 17.6 Å². The number of hydrogen-bond acceptors (Lipinski definition) is 4. The second-order valence-electron chi connectivity index (χ2n) is 7.20. The average Bonchev–Trinajstić information content (AvgIpc) is 3.00. The van der Waals surface area contributed by atoms with Crippen molar-refractivity contribution >= 4 is 34.4 Å². The quantitative estimate of drug-likeness (QED) is 0.691. The smallest absolute Gasteiger partial charge is 0.257 e. The molecule has 2 amide bonds. The first-order valence-corrected chi connectivity index (χ1v) is 9.34. The van der Waals surface area contributed by atoms with Crippen LogP contribution in [0.3, 0.4) is 0 Å². The first-order chi connectivity index (χ1) is 13.9. The number of anilines is 3. The lowest BCUT2D eigenvalue weighted by molar-refractivity contribution is -0.122. The van der Waals surface area contributed by atoms with Gasteiger partial charge in [-0.3, -0.25) is 9.59 Å². The zero-order valence-electron chi connectivity index (χ0n) is 15.5. The lowest BCUT2D eigenvalue weighted by Crippen LogP contribution is -2.41. The molecule has 2 aliphatic heterocycles. The van der Waals surface area contributed by atoms with Gasteiger partial charge in [0.15, 0.2) is 0 Å². The Bertz CT molecular complexity index is 1020. The number of carbonyl (C=O) groups excluding carboxylic acids is 2. The summed E-state index contributed by atoms with van der Waals surface area (Å²) in [5.74, 6) is -1.88. The van der Waals surface area contributed by atoms with Gasteiger partial charge in [-0.15, -0.1) is 0 Å². The highest BCUT2D eigenvalue weighted by Gasteiger charge is 2.26. The summed E-state index contributed by atoms with van der Waals surface area (Å²) in [5, 5.41) is 5.52. The highest BCUT2D eigenvalue weighted by molar-refractivity contribution is 6.31. The van der Waals surface area contributed by atoms with Crippen LogP contribution in [0.1, 0.15) is 18.4 Å². The SMILES string of the molecule is NC(=O)C1CCCN(c2ccc(NC=C3C(=O)Nc4cc(F)ccc43)cc2F)C1. The lowest BCUT2D eigenvalue weighted by atomic mass is 9.97. The molecule has 2 aliphatic rings. The Morgan fingerprint density at radius 3 is 2.83 bits per heavy atom. The van der Waals surface area contributed by atoms with Crippen molar-refractivity contribution in [3.63, 3.8) is 0 Å². The van der Waals surface area contributed by atoms with Crippen molar-refractivity contribution in [2.75, 3.05) is 28.6 Å². The summed E-state index contributed by atoms with van der Waals surface area (Å²) in [6, 6.07) is 8.71.